The molecule has 0 amide bonds. The fraction of sp³-hybridized carbons (Fsp3) is 0.200. The van der Waals surface area contributed by atoms with Gasteiger partial charge in [0.15, 0.2) is 0 Å². The molecule has 13 heteroatoms. The lowest BCUT2D eigenvalue weighted by Gasteiger charge is -2.13. The quantitative estimate of drug-likeness (QED) is 0.302. The first-order chi connectivity index (χ1) is 15.3. The molecule has 0 fully saturated rings. The van der Waals surface area contributed by atoms with Crippen molar-refractivity contribution in [2.45, 2.75) is 25.3 Å². The second-order valence-electron chi connectivity index (χ2n) is 6.83. The first kappa shape index (κ1) is 24.2. The molecule has 33 heavy (non-hydrogen) atoms. The monoisotopic (exact) mass is 532 g/mol. The molecule has 0 atom stereocenters. The zero-order valence-electron chi connectivity index (χ0n) is 16.4. The molecule has 3 N–H and O–H groups in total. The number of benzene rings is 1. The minimum absolute atomic E-state index is 0.207. The van der Waals surface area contributed by atoms with Crippen LogP contribution in [0.15, 0.2) is 41.1 Å². The number of alkyl halides is 6. The van der Waals surface area contributed by atoms with E-state index in [1.54, 1.807) is 0 Å². The van der Waals surface area contributed by atoms with E-state index in [-0.39, 0.29) is 11.1 Å². The van der Waals surface area contributed by atoms with E-state index in [1.807, 2.05) is 0 Å². The van der Waals surface area contributed by atoms with Gasteiger partial charge in [0.05, 0.1) is 29.2 Å². The first-order valence-electron chi connectivity index (χ1n) is 8.98. The molecule has 0 spiro atoms. The molecule has 0 aliphatic rings. The van der Waals surface area contributed by atoms with Crippen molar-refractivity contribution in [1.29, 1.82) is 10.7 Å². The van der Waals surface area contributed by atoms with Crippen LogP contribution in [-0.4, -0.2) is 27.5 Å². The van der Waals surface area contributed by atoms with E-state index in [2.05, 4.69) is 20.9 Å². The zero-order chi connectivity index (χ0) is 24.6. The Morgan fingerprint density at radius 3 is 2.45 bits per heavy atom. The number of nitrogens with zero attached hydrogens (tertiary/aromatic N) is 3. The Morgan fingerprint density at radius 1 is 1.18 bits per heavy atom. The number of nitrogens with two attached hydrogens (primary N) is 1. The van der Waals surface area contributed by atoms with Crippen LogP contribution in [0.4, 0.5) is 26.3 Å². The zero-order valence-corrected chi connectivity index (χ0v) is 17.9. The Kier molecular flexibility index (Phi) is 6.51. The summed E-state index contributed by atoms with van der Waals surface area (Å²) in [6.07, 6.45) is -8.51. The summed E-state index contributed by atoms with van der Waals surface area (Å²) in [5, 5.41) is 22.2. The van der Waals surface area contributed by atoms with Crippen LogP contribution in [0.2, 0.25) is 0 Å². The van der Waals surface area contributed by atoms with E-state index < -0.39 is 59.3 Å². The molecule has 0 bridgehead atoms. The number of rotatable bonds is 4. The highest BCUT2D eigenvalue weighted by Crippen LogP contribution is 2.39. The van der Waals surface area contributed by atoms with Gasteiger partial charge < -0.3 is 9.30 Å². The Balaban J connectivity index is 2.05. The van der Waals surface area contributed by atoms with Gasteiger partial charge in [0.1, 0.15) is 6.54 Å². The van der Waals surface area contributed by atoms with Crippen LogP contribution in [0, 0.1) is 16.7 Å². The van der Waals surface area contributed by atoms with Gasteiger partial charge in [0.25, 0.3) is 0 Å². The minimum Gasteiger partial charge on any atom is -0.388 e. The number of nitrogens with one attached hydrogen (secondary N) is 1. The molecule has 172 valence electrons. The van der Waals surface area contributed by atoms with Crippen molar-refractivity contribution >= 4 is 38.6 Å². The predicted octanol–water partition coefficient (Wildman–Crippen LogP) is 3.99. The van der Waals surface area contributed by atoms with Crippen LogP contribution in [-0.2, 0) is 23.9 Å². The summed E-state index contributed by atoms with van der Waals surface area (Å²) in [6.45, 7) is -0.568. The molecule has 2 heterocycles. The highest BCUT2D eigenvalue weighted by Gasteiger charge is 2.38. The summed E-state index contributed by atoms with van der Waals surface area (Å²) in [6, 6.07) is 5.64. The van der Waals surface area contributed by atoms with Crippen LogP contribution < -0.4 is 5.41 Å². The Labute approximate surface area is 190 Å². The van der Waals surface area contributed by atoms with Gasteiger partial charge in [0, 0.05) is 33.5 Å². The Morgan fingerprint density at radius 2 is 1.88 bits per heavy atom. The summed E-state index contributed by atoms with van der Waals surface area (Å²) in [7, 11) is 0. The minimum atomic E-state index is -4.98. The maximum atomic E-state index is 13.6. The third kappa shape index (κ3) is 5.51. The average molecular weight is 533 g/mol. The molecule has 0 aliphatic carbocycles. The van der Waals surface area contributed by atoms with E-state index in [0.717, 1.165) is 22.8 Å². The smallest absolute Gasteiger partial charge is 0.388 e. The van der Waals surface area contributed by atoms with Gasteiger partial charge in [-0.05, 0) is 40.2 Å². The maximum absolute atomic E-state index is 13.6. The van der Waals surface area contributed by atoms with Gasteiger partial charge in [-0.15, -0.1) is 0 Å². The molecule has 6 nitrogen and oxygen atoms in total. The largest absolute Gasteiger partial charge is 0.418 e. The summed E-state index contributed by atoms with van der Waals surface area (Å²) in [5.74, 6) is -0.892. The molecule has 0 aliphatic heterocycles. The lowest BCUT2D eigenvalue weighted by molar-refractivity contribution is -0.137. The molecular weight excluding hydrogens is 520 g/mol. The standard InChI is InChI=1S/C20H12BrF6N5O/c21-12-3-11(7-31-8-12)18(30)33-16(29)9-32-13(5-19(22,23)24)4-14-15(32)2-1-10(6-28)17(14)20(25,26)27/h1-4,7-8,29-30H,5,9H2/p+1. The summed E-state index contributed by atoms with van der Waals surface area (Å²) in [5.41, 5.74) is -2.58. The first-order valence-corrected chi connectivity index (χ1v) is 9.77. The molecule has 3 aromatic rings. The molecule has 0 radical (unpaired) electrons. The molecule has 0 saturated heterocycles. The van der Waals surface area contributed by atoms with Gasteiger partial charge in [0.2, 0.25) is 5.90 Å². The van der Waals surface area contributed by atoms with Crippen molar-refractivity contribution in [3.8, 4) is 6.07 Å². The Hall–Kier alpha value is -3.40. The van der Waals surface area contributed by atoms with E-state index >= 15 is 0 Å². The third-order valence-electron chi connectivity index (χ3n) is 4.47. The number of pyridine rings is 1. The number of hydrogen-bond donors (Lipinski definition) is 2. The molecular formula is C20H13BrF6N5O+. The molecule has 3 rings (SSSR count). The fourth-order valence-electron chi connectivity index (χ4n) is 3.24. The maximum Gasteiger partial charge on any atom is 0.418 e. The number of fused-ring (bicyclic) bond motifs is 1. The molecule has 1 aromatic carbocycles. The van der Waals surface area contributed by atoms with Gasteiger partial charge in [-0.2, -0.15) is 31.6 Å². The van der Waals surface area contributed by atoms with Crippen molar-refractivity contribution in [3.63, 3.8) is 0 Å². The summed E-state index contributed by atoms with van der Waals surface area (Å²) in [4.78, 5) is 3.85. The van der Waals surface area contributed by atoms with E-state index in [0.29, 0.717) is 4.47 Å². The topological polar surface area (TPSA) is 100 Å². The lowest BCUT2D eigenvalue weighted by atomic mass is 10.0. The predicted molar refractivity (Wildman–Crippen MR) is 108 cm³/mol. The van der Waals surface area contributed by atoms with Gasteiger partial charge in [-0.3, -0.25) is 10.4 Å². The van der Waals surface area contributed by atoms with Gasteiger partial charge in [-0.25, -0.2) is 5.41 Å². The fourth-order valence-corrected chi connectivity index (χ4v) is 3.61. The summed E-state index contributed by atoms with van der Waals surface area (Å²) < 4.78 is 86.9. The molecule has 0 saturated carbocycles. The molecule has 2 aromatic heterocycles. The van der Waals surface area contributed by atoms with Gasteiger partial charge in [-0.1, -0.05) is 0 Å². The van der Waals surface area contributed by atoms with Crippen molar-refractivity contribution in [2.75, 3.05) is 0 Å². The van der Waals surface area contributed by atoms with Crippen LogP contribution in [0.3, 0.4) is 0 Å². The number of halogens is 7. The third-order valence-corrected chi connectivity index (χ3v) is 4.90. The Bertz CT molecular complexity index is 1290. The van der Waals surface area contributed by atoms with E-state index in [9.17, 15) is 26.3 Å². The highest BCUT2D eigenvalue weighted by atomic mass is 79.9. The van der Waals surface area contributed by atoms with Crippen LogP contribution >= 0.6 is 15.9 Å². The number of nitriles is 1. The number of aromatic nitrogens is 2. The van der Waals surface area contributed by atoms with Crippen molar-refractivity contribution < 1.29 is 36.5 Å². The summed E-state index contributed by atoms with van der Waals surface area (Å²) >= 11 is 3.17. The van der Waals surface area contributed by atoms with E-state index in [4.69, 9.17) is 20.8 Å². The van der Waals surface area contributed by atoms with Crippen molar-refractivity contribution in [2.24, 2.45) is 0 Å². The van der Waals surface area contributed by atoms with Crippen LogP contribution in [0.1, 0.15) is 22.4 Å². The number of hydrogen-bond acceptors (Lipinski definition) is 4. The van der Waals surface area contributed by atoms with Crippen LogP contribution in [0.25, 0.3) is 10.9 Å². The lowest BCUT2D eigenvalue weighted by Crippen LogP contribution is -2.45. The van der Waals surface area contributed by atoms with E-state index in [1.165, 1.54) is 24.5 Å². The molecule has 0 unspecified atom stereocenters. The van der Waals surface area contributed by atoms with Gasteiger partial charge >= 0.3 is 18.3 Å². The number of ether oxygens (including phenoxy) is 1. The highest BCUT2D eigenvalue weighted by molar-refractivity contribution is 9.10. The second kappa shape index (κ2) is 8.86. The average Bonchev–Trinajstić information content (AvgIpc) is 3.01. The second-order valence-corrected chi connectivity index (χ2v) is 7.75. The SMILES string of the molecule is N#Cc1ccc2c(cc(CC(F)(F)F)n2CC(=[NH2+])OC(=N)c2cncc(Br)c2)c1C(F)(F)F. The van der Waals surface area contributed by atoms with Crippen LogP contribution in [0.5, 0.6) is 0 Å². The van der Waals surface area contributed by atoms with Crippen molar-refractivity contribution in [3.05, 3.63) is 63.5 Å². The van der Waals surface area contributed by atoms with Crippen molar-refractivity contribution in [1.82, 2.24) is 9.55 Å². The normalized spacial score (nSPS) is 11.9.